The zero-order chi connectivity index (χ0) is 22.6. The molecule has 0 unspecified atom stereocenters. The summed E-state index contributed by atoms with van der Waals surface area (Å²) >= 11 is 0. The van der Waals surface area contributed by atoms with Crippen LogP contribution in [0, 0.1) is 0 Å². The minimum absolute atomic E-state index is 0.752. The molecular weight excluding hydrogens is 402 g/mol. The van der Waals surface area contributed by atoms with Crippen LogP contribution in [0.25, 0.3) is 0 Å². The van der Waals surface area contributed by atoms with Crippen LogP contribution in [0.5, 0.6) is 11.5 Å². The molecule has 0 atom stereocenters. The number of hydrogen-bond acceptors (Lipinski definition) is 5. The first-order valence-corrected chi connectivity index (χ1v) is 11.4. The molecular formula is C25H37N5O2. The molecule has 0 aromatic heterocycles. The molecule has 7 heteroatoms. The van der Waals surface area contributed by atoms with Crippen LogP contribution in [0.1, 0.15) is 11.1 Å². The van der Waals surface area contributed by atoms with Crippen LogP contribution in [0.3, 0.4) is 0 Å². The van der Waals surface area contributed by atoms with Crippen molar-refractivity contribution in [2.24, 2.45) is 4.99 Å². The van der Waals surface area contributed by atoms with E-state index < -0.39 is 0 Å². The van der Waals surface area contributed by atoms with E-state index in [2.05, 4.69) is 61.8 Å². The van der Waals surface area contributed by atoms with Crippen molar-refractivity contribution in [2.75, 3.05) is 67.1 Å². The van der Waals surface area contributed by atoms with E-state index in [1.54, 1.807) is 14.2 Å². The highest BCUT2D eigenvalue weighted by molar-refractivity contribution is 5.79. The van der Waals surface area contributed by atoms with E-state index in [1.165, 1.54) is 11.1 Å². The molecule has 2 aromatic rings. The summed E-state index contributed by atoms with van der Waals surface area (Å²) in [6.07, 6.45) is 0.879. The Morgan fingerprint density at radius 2 is 1.53 bits per heavy atom. The Bertz CT molecular complexity index is 835. The number of aliphatic imine (C=N–C) groups is 1. The minimum Gasteiger partial charge on any atom is -0.493 e. The van der Waals surface area contributed by atoms with Gasteiger partial charge >= 0.3 is 0 Å². The fourth-order valence-corrected chi connectivity index (χ4v) is 3.93. The molecule has 0 aliphatic carbocycles. The highest BCUT2D eigenvalue weighted by atomic mass is 16.5. The second kappa shape index (κ2) is 12.9. The Balaban J connectivity index is 1.31. The van der Waals surface area contributed by atoms with Crippen LogP contribution in [0.2, 0.25) is 0 Å². The second-order valence-corrected chi connectivity index (χ2v) is 7.97. The molecule has 1 aliphatic heterocycles. The third-order valence-corrected chi connectivity index (χ3v) is 5.81. The maximum absolute atomic E-state index is 5.38. The molecule has 2 aromatic carbocycles. The summed E-state index contributed by atoms with van der Waals surface area (Å²) in [4.78, 5) is 9.40. The molecule has 2 N–H and O–H groups in total. The van der Waals surface area contributed by atoms with Crippen LogP contribution in [0.4, 0.5) is 0 Å². The molecule has 0 spiro atoms. The van der Waals surface area contributed by atoms with Gasteiger partial charge in [0.2, 0.25) is 0 Å². The average Bonchev–Trinajstić information content (AvgIpc) is 2.84. The third-order valence-electron chi connectivity index (χ3n) is 5.81. The number of nitrogens with zero attached hydrogens (tertiary/aromatic N) is 3. The number of nitrogens with one attached hydrogen (secondary N) is 2. The minimum atomic E-state index is 0.752. The lowest BCUT2D eigenvalue weighted by Crippen LogP contribution is -2.49. The van der Waals surface area contributed by atoms with E-state index in [9.17, 15) is 0 Å². The Hall–Kier alpha value is -2.77. The summed E-state index contributed by atoms with van der Waals surface area (Å²) in [5.41, 5.74) is 2.59. The standard InChI is InChI=1S/C25H37N5O2/c1-26-25(27-12-11-21-9-10-23(31-2)24(19-21)32-3)28-13-14-29-15-17-30(18-16-29)20-22-7-5-4-6-8-22/h4-10,19H,11-18,20H2,1-3H3,(H2,26,27,28). The molecule has 0 saturated carbocycles. The lowest BCUT2D eigenvalue weighted by molar-refractivity contribution is 0.129. The largest absolute Gasteiger partial charge is 0.493 e. The van der Waals surface area contributed by atoms with Crippen molar-refractivity contribution >= 4 is 5.96 Å². The molecule has 174 valence electrons. The summed E-state index contributed by atoms with van der Waals surface area (Å²) in [5, 5.41) is 6.83. The van der Waals surface area contributed by atoms with Gasteiger partial charge in [0.1, 0.15) is 0 Å². The zero-order valence-electron chi connectivity index (χ0n) is 19.6. The van der Waals surface area contributed by atoms with Crippen molar-refractivity contribution < 1.29 is 9.47 Å². The summed E-state index contributed by atoms with van der Waals surface area (Å²) < 4.78 is 10.7. The smallest absolute Gasteiger partial charge is 0.191 e. The number of methoxy groups -OCH3 is 2. The van der Waals surface area contributed by atoms with Gasteiger partial charge in [0.25, 0.3) is 0 Å². The molecule has 1 saturated heterocycles. The van der Waals surface area contributed by atoms with Crippen molar-refractivity contribution in [1.82, 2.24) is 20.4 Å². The summed E-state index contributed by atoms with van der Waals surface area (Å²) in [6.45, 7) is 8.21. The fourth-order valence-electron chi connectivity index (χ4n) is 3.93. The Kier molecular flexibility index (Phi) is 9.65. The molecule has 32 heavy (non-hydrogen) atoms. The van der Waals surface area contributed by atoms with Crippen LogP contribution in [0.15, 0.2) is 53.5 Å². The van der Waals surface area contributed by atoms with E-state index in [1.807, 2.05) is 19.2 Å². The van der Waals surface area contributed by atoms with E-state index in [0.717, 1.165) is 76.2 Å². The number of rotatable bonds is 10. The first kappa shape index (κ1) is 23.9. The second-order valence-electron chi connectivity index (χ2n) is 7.97. The van der Waals surface area contributed by atoms with Crippen LogP contribution in [-0.2, 0) is 13.0 Å². The number of guanidine groups is 1. The Morgan fingerprint density at radius 1 is 0.844 bits per heavy atom. The molecule has 0 bridgehead atoms. The van der Waals surface area contributed by atoms with Gasteiger partial charge in [-0.2, -0.15) is 0 Å². The predicted molar refractivity (Wildman–Crippen MR) is 131 cm³/mol. The topological polar surface area (TPSA) is 61.4 Å². The molecule has 0 radical (unpaired) electrons. The first-order chi connectivity index (χ1) is 15.7. The lowest BCUT2D eigenvalue weighted by atomic mass is 10.1. The monoisotopic (exact) mass is 439 g/mol. The van der Waals surface area contributed by atoms with Crippen molar-refractivity contribution in [1.29, 1.82) is 0 Å². The van der Waals surface area contributed by atoms with Crippen LogP contribution in [-0.4, -0.2) is 82.8 Å². The summed E-state index contributed by atoms with van der Waals surface area (Å²) in [5.74, 6) is 2.35. The maximum Gasteiger partial charge on any atom is 0.191 e. The quantitative estimate of drug-likeness (QED) is 0.437. The van der Waals surface area contributed by atoms with Crippen molar-refractivity contribution in [3.05, 3.63) is 59.7 Å². The van der Waals surface area contributed by atoms with Gasteiger partial charge in [-0.3, -0.25) is 14.8 Å². The van der Waals surface area contributed by atoms with Crippen LogP contribution >= 0.6 is 0 Å². The molecule has 7 nitrogen and oxygen atoms in total. The van der Waals surface area contributed by atoms with Crippen molar-refractivity contribution in [3.8, 4) is 11.5 Å². The van der Waals surface area contributed by atoms with Gasteiger partial charge in [0.05, 0.1) is 14.2 Å². The van der Waals surface area contributed by atoms with Gasteiger partial charge in [0.15, 0.2) is 17.5 Å². The van der Waals surface area contributed by atoms with Gasteiger partial charge in [-0.1, -0.05) is 36.4 Å². The Morgan fingerprint density at radius 3 is 2.22 bits per heavy atom. The third kappa shape index (κ3) is 7.43. The lowest BCUT2D eigenvalue weighted by Gasteiger charge is -2.34. The highest BCUT2D eigenvalue weighted by Gasteiger charge is 2.16. The summed E-state index contributed by atoms with van der Waals surface area (Å²) in [6, 6.07) is 16.8. The average molecular weight is 440 g/mol. The molecule has 1 heterocycles. The van der Waals surface area contributed by atoms with Gasteiger partial charge in [0, 0.05) is 59.4 Å². The SMILES string of the molecule is CN=C(NCCc1ccc(OC)c(OC)c1)NCCN1CCN(Cc2ccccc2)CC1. The Labute approximate surface area is 192 Å². The maximum atomic E-state index is 5.38. The molecule has 1 fully saturated rings. The van der Waals surface area contributed by atoms with Gasteiger partial charge < -0.3 is 20.1 Å². The molecule has 0 amide bonds. The molecule has 1 aliphatic rings. The van der Waals surface area contributed by atoms with Gasteiger partial charge in [-0.15, -0.1) is 0 Å². The van der Waals surface area contributed by atoms with Crippen LogP contribution < -0.4 is 20.1 Å². The van der Waals surface area contributed by atoms with E-state index in [-0.39, 0.29) is 0 Å². The highest BCUT2D eigenvalue weighted by Crippen LogP contribution is 2.27. The number of piperazine rings is 1. The van der Waals surface area contributed by atoms with Crippen molar-refractivity contribution in [3.63, 3.8) is 0 Å². The number of hydrogen-bond donors (Lipinski definition) is 2. The first-order valence-electron chi connectivity index (χ1n) is 11.4. The van der Waals surface area contributed by atoms with E-state index >= 15 is 0 Å². The number of benzene rings is 2. The van der Waals surface area contributed by atoms with Gasteiger partial charge in [-0.25, -0.2) is 0 Å². The molecule has 3 rings (SSSR count). The van der Waals surface area contributed by atoms with Gasteiger partial charge in [-0.05, 0) is 29.7 Å². The fraction of sp³-hybridized carbons (Fsp3) is 0.480. The predicted octanol–water partition coefficient (Wildman–Crippen LogP) is 2.23. The van der Waals surface area contributed by atoms with E-state index in [4.69, 9.17) is 9.47 Å². The normalized spacial score (nSPS) is 15.4. The number of ether oxygens (including phenoxy) is 2. The van der Waals surface area contributed by atoms with Crippen molar-refractivity contribution in [2.45, 2.75) is 13.0 Å². The summed E-state index contributed by atoms with van der Waals surface area (Å²) in [7, 11) is 5.13. The zero-order valence-corrected chi connectivity index (χ0v) is 19.6. The van der Waals surface area contributed by atoms with E-state index in [0.29, 0.717) is 0 Å².